The Morgan fingerprint density at radius 2 is 1.79 bits per heavy atom. The van der Waals surface area contributed by atoms with Crippen molar-refractivity contribution in [3.63, 3.8) is 0 Å². The summed E-state index contributed by atoms with van der Waals surface area (Å²) in [5.41, 5.74) is 2.38. The van der Waals surface area contributed by atoms with Crippen LogP contribution in [0.2, 0.25) is 5.02 Å². The summed E-state index contributed by atoms with van der Waals surface area (Å²) >= 11 is 9.55. The average Bonchev–Trinajstić information content (AvgIpc) is 3.39. The lowest BCUT2D eigenvalue weighted by atomic mass is 10.0. The zero-order chi connectivity index (χ0) is 34.0. The zero-order valence-corrected chi connectivity index (χ0v) is 27.2. The SMILES string of the molecule is O=C(NCc1ccccc1-c1cnccn1)c1c2n(c(=O)n1-c1ccc(OCC(F)(F)F)cc1)CCN(C(=O)c1ccc(Br)c(Cl)c1)C2. The molecule has 6 rings (SSSR count). The molecule has 3 aromatic carbocycles. The monoisotopic (exact) mass is 740 g/mol. The van der Waals surface area contributed by atoms with Crippen LogP contribution in [-0.2, 0) is 19.6 Å². The van der Waals surface area contributed by atoms with Crippen molar-refractivity contribution in [2.24, 2.45) is 0 Å². The van der Waals surface area contributed by atoms with E-state index < -0.39 is 24.4 Å². The minimum Gasteiger partial charge on any atom is -0.484 e. The molecule has 246 valence electrons. The Labute approximate surface area is 284 Å². The average molecular weight is 742 g/mol. The van der Waals surface area contributed by atoms with E-state index in [1.54, 1.807) is 30.7 Å². The molecular weight excluding hydrogens is 717 g/mol. The number of nitrogens with zero attached hydrogens (tertiary/aromatic N) is 5. The fourth-order valence-corrected chi connectivity index (χ4v) is 5.82. The van der Waals surface area contributed by atoms with E-state index in [1.807, 2.05) is 24.3 Å². The van der Waals surface area contributed by atoms with Crippen LogP contribution in [0.3, 0.4) is 0 Å². The number of hydrogen-bond donors (Lipinski definition) is 1. The topological polar surface area (TPSA) is 111 Å². The third-order valence-electron chi connectivity index (χ3n) is 7.64. The van der Waals surface area contributed by atoms with Crippen LogP contribution < -0.4 is 15.7 Å². The van der Waals surface area contributed by atoms with Gasteiger partial charge in [0, 0.05) is 47.6 Å². The van der Waals surface area contributed by atoms with Crippen LogP contribution in [0.4, 0.5) is 13.2 Å². The van der Waals surface area contributed by atoms with Gasteiger partial charge < -0.3 is 15.0 Å². The summed E-state index contributed by atoms with van der Waals surface area (Å²) < 4.78 is 46.2. The first-order valence-electron chi connectivity index (χ1n) is 14.5. The van der Waals surface area contributed by atoms with Crippen molar-refractivity contribution in [2.45, 2.75) is 25.8 Å². The summed E-state index contributed by atoms with van der Waals surface area (Å²) in [6, 6.07) is 17.5. The Balaban J connectivity index is 1.36. The summed E-state index contributed by atoms with van der Waals surface area (Å²) in [6.07, 6.45) is 0.191. The lowest BCUT2D eigenvalue weighted by Gasteiger charge is -2.28. The molecule has 0 atom stereocenters. The number of carbonyl (C=O) groups excluding carboxylic acids is 2. The van der Waals surface area contributed by atoms with E-state index in [0.29, 0.717) is 26.4 Å². The van der Waals surface area contributed by atoms with Crippen LogP contribution in [0.1, 0.15) is 32.1 Å². The molecule has 0 radical (unpaired) electrons. The first-order valence-corrected chi connectivity index (χ1v) is 15.7. The minimum atomic E-state index is -4.53. The van der Waals surface area contributed by atoms with Gasteiger partial charge in [0.1, 0.15) is 11.4 Å². The number of nitrogens with one attached hydrogen (secondary N) is 1. The van der Waals surface area contributed by atoms with Gasteiger partial charge in [-0.2, -0.15) is 13.2 Å². The number of aromatic nitrogens is 4. The van der Waals surface area contributed by atoms with Crippen LogP contribution in [0, 0.1) is 0 Å². The van der Waals surface area contributed by atoms with Crippen molar-refractivity contribution in [2.75, 3.05) is 13.2 Å². The van der Waals surface area contributed by atoms with E-state index in [2.05, 4.69) is 31.2 Å². The first kappa shape index (κ1) is 33.0. The van der Waals surface area contributed by atoms with Gasteiger partial charge in [-0.25, -0.2) is 4.79 Å². The number of fused-ring (bicyclic) bond motifs is 1. The second-order valence-corrected chi connectivity index (χ2v) is 12.0. The molecule has 3 heterocycles. The predicted molar refractivity (Wildman–Crippen MR) is 174 cm³/mol. The highest BCUT2D eigenvalue weighted by molar-refractivity contribution is 9.10. The molecule has 0 saturated heterocycles. The molecule has 0 bridgehead atoms. The quantitative estimate of drug-likeness (QED) is 0.208. The second kappa shape index (κ2) is 13.6. The van der Waals surface area contributed by atoms with Crippen LogP contribution in [-0.4, -0.2) is 55.1 Å². The molecule has 5 aromatic rings. The summed E-state index contributed by atoms with van der Waals surface area (Å²) in [6.45, 7) is -1.21. The van der Waals surface area contributed by atoms with Crippen LogP contribution >= 0.6 is 27.5 Å². The molecule has 48 heavy (non-hydrogen) atoms. The van der Waals surface area contributed by atoms with Gasteiger partial charge in [-0.1, -0.05) is 35.9 Å². The Bertz CT molecular complexity index is 2050. The maximum Gasteiger partial charge on any atom is 0.422 e. The molecule has 15 heteroatoms. The number of amides is 2. The van der Waals surface area contributed by atoms with E-state index >= 15 is 0 Å². The molecule has 2 aromatic heterocycles. The zero-order valence-electron chi connectivity index (χ0n) is 24.9. The summed E-state index contributed by atoms with van der Waals surface area (Å²) in [7, 11) is 0. The highest BCUT2D eigenvalue weighted by Crippen LogP contribution is 2.27. The normalized spacial score (nSPS) is 12.8. The maximum absolute atomic E-state index is 14.1. The Hall–Kier alpha value is -4.95. The molecule has 10 nitrogen and oxygen atoms in total. The molecule has 1 aliphatic heterocycles. The summed E-state index contributed by atoms with van der Waals surface area (Å²) in [5, 5.41) is 3.25. The fraction of sp³-hybridized carbons (Fsp3) is 0.182. The molecule has 1 N–H and O–H groups in total. The van der Waals surface area contributed by atoms with Gasteiger partial charge in [0.25, 0.3) is 11.8 Å². The second-order valence-electron chi connectivity index (χ2n) is 10.7. The van der Waals surface area contributed by atoms with E-state index in [1.165, 1.54) is 44.4 Å². The predicted octanol–water partition coefficient (Wildman–Crippen LogP) is 6.04. The Morgan fingerprint density at radius 3 is 2.50 bits per heavy atom. The van der Waals surface area contributed by atoms with Gasteiger partial charge in [0.2, 0.25) is 0 Å². The molecule has 0 saturated carbocycles. The third kappa shape index (κ3) is 6.99. The Kier molecular flexibility index (Phi) is 9.38. The van der Waals surface area contributed by atoms with Crippen molar-refractivity contribution in [3.8, 4) is 22.7 Å². The molecule has 1 aliphatic rings. The van der Waals surface area contributed by atoms with Crippen LogP contribution in [0.25, 0.3) is 16.9 Å². The van der Waals surface area contributed by atoms with E-state index in [0.717, 1.165) is 11.1 Å². The lowest BCUT2D eigenvalue weighted by molar-refractivity contribution is -0.153. The molecule has 0 aliphatic carbocycles. The highest BCUT2D eigenvalue weighted by atomic mass is 79.9. The minimum absolute atomic E-state index is 0.0210. The lowest BCUT2D eigenvalue weighted by Crippen LogP contribution is -2.41. The van der Waals surface area contributed by atoms with Crippen molar-refractivity contribution in [1.29, 1.82) is 0 Å². The molecule has 0 unspecified atom stereocenters. The standard InChI is InChI=1S/C33H25BrClF3N6O4/c34-25-10-5-20(15-26(25)35)31(46)42-13-14-43-28(18-42)29(44(32(43)47)22-6-8-23(9-7-22)48-19-33(36,37)38)30(45)41-16-21-3-1-2-4-24(21)27-17-39-11-12-40-27/h1-12,15,17H,13-14,16,18-19H2,(H,41,45). The number of benzene rings is 3. The largest absolute Gasteiger partial charge is 0.484 e. The number of imidazole rings is 1. The van der Waals surface area contributed by atoms with Gasteiger partial charge in [0.05, 0.1) is 34.8 Å². The van der Waals surface area contributed by atoms with Crippen molar-refractivity contribution in [1.82, 2.24) is 29.3 Å². The van der Waals surface area contributed by atoms with Gasteiger partial charge in [0.15, 0.2) is 6.61 Å². The molecular formula is C33H25BrClF3N6O4. The maximum atomic E-state index is 14.1. The summed E-state index contributed by atoms with van der Waals surface area (Å²) in [5.74, 6) is -1.01. The summed E-state index contributed by atoms with van der Waals surface area (Å²) in [4.78, 5) is 51.4. The van der Waals surface area contributed by atoms with Crippen LogP contribution in [0.5, 0.6) is 5.75 Å². The fourth-order valence-electron chi connectivity index (χ4n) is 5.40. The van der Waals surface area contributed by atoms with Gasteiger partial charge in [-0.15, -0.1) is 0 Å². The number of carbonyl (C=O) groups is 2. The van der Waals surface area contributed by atoms with Gasteiger partial charge in [-0.05, 0) is 64.0 Å². The molecule has 0 fully saturated rings. The van der Waals surface area contributed by atoms with E-state index in [-0.39, 0.29) is 49.2 Å². The first-order chi connectivity index (χ1) is 23.0. The van der Waals surface area contributed by atoms with E-state index in [9.17, 15) is 27.6 Å². The number of halogens is 5. The molecule has 0 spiro atoms. The number of alkyl halides is 3. The van der Waals surface area contributed by atoms with Crippen LogP contribution in [0.15, 0.2) is 94.6 Å². The number of hydrogen-bond acceptors (Lipinski definition) is 6. The highest BCUT2D eigenvalue weighted by Gasteiger charge is 2.33. The van der Waals surface area contributed by atoms with Crippen molar-refractivity contribution in [3.05, 3.63) is 128 Å². The van der Waals surface area contributed by atoms with E-state index in [4.69, 9.17) is 16.3 Å². The van der Waals surface area contributed by atoms with Gasteiger partial charge in [-0.3, -0.25) is 28.7 Å². The number of rotatable bonds is 8. The third-order valence-corrected chi connectivity index (χ3v) is 8.87. The van der Waals surface area contributed by atoms with Gasteiger partial charge >= 0.3 is 11.9 Å². The van der Waals surface area contributed by atoms with Crippen molar-refractivity contribution >= 4 is 39.3 Å². The smallest absolute Gasteiger partial charge is 0.422 e. The van der Waals surface area contributed by atoms with Crippen molar-refractivity contribution < 1.29 is 27.5 Å². The number of ether oxygens (including phenoxy) is 1. The Morgan fingerprint density at radius 1 is 1.02 bits per heavy atom. The molecule has 2 amide bonds.